The minimum atomic E-state index is -0.527. The zero-order valence-electron chi connectivity index (χ0n) is 8.06. The van der Waals surface area contributed by atoms with Gasteiger partial charge in [-0.3, -0.25) is 0 Å². The SMILES string of the molecule is Cc1cc(C)c(C(Cl)C#N)c(C)c1. The summed E-state index contributed by atoms with van der Waals surface area (Å²) in [6, 6.07) is 6.15. The van der Waals surface area contributed by atoms with Gasteiger partial charge in [0.05, 0.1) is 6.07 Å². The van der Waals surface area contributed by atoms with Gasteiger partial charge < -0.3 is 0 Å². The van der Waals surface area contributed by atoms with Crippen LogP contribution in [0.1, 0.15) is 27.6 Å². The first kappa shape index (κ1) is 10.1. The lowest BCUT2D eigenvalue weighted by molar-refractivity contribution is 1.12. The fraction of sp³-hybridized carbons (Fsp3) is 0.364. The molecular formula is C11H12ClN. The molecular weight excluding hydrogens is 182 g/mol. The summed E-state index contributed by atoms with van der Waals surface area (Å²) < 4.78 is 0. The van der Waals surface area contributed by atoms with Crippen LogP contribution in [0.4, 0.5) is 0 Å². The minimum Gasteiger partial charge on any atom is -0.196 e. The van der Waals surface area contributed by atoms with E-state index in [1.54, 1.807) is 0 Å². The lowest BCUT2D eigenvalue weighted by atomic mass is 9.98. The van der Waals surface area contributed by atoms with E-state index in [0.717, 1.165) is 16.7 Å². The maximum absolute atomic E-state index is 8.72. The zero-order valence-corrected chi connectivity index (χ0v) is 8.81. The highest BCUT2D eigenvalue weighted by atomic mass is 35.5. The first-order valence-corrected chi connectivity index (χ1v) is 4.61. The average Bonchev–Trinajstić information content (AvgIpc) is 2.02. The number of rotatable bonds is 1. The van der Waals surface area contributed by atoms with Gasteiger partial charge in [0.25, 0.3) is 0 Å². The van der Waals surface area contributed by atoms with Crippen molar-refractivity contribution in [2.75, 3.05) is 0 Å². The number of nitriles is 1. The van der Waals surface area contributed by atoms with E-state index in [0.29, 0.717) is 0 Å². The highest BCUT2D eigenvalue weighted by Gasteiger charge is 2.12. The Balaban J connectivity index is 3.30. The van der Waals surface area contributed by atoms with E-state index in [1.807, 2.05) is 26.8 Å². The van der Waals surface area contributed by atoms with Crippen LogP contribution in [-0.2, 0) is 0 Å². The van der Waals surface area contributed by atoms with Crippen LogP contribution in [0.5, 0.6) is 0 Å². The molecule has 1 unspecified atom stereocenters. The quantitative estimate of drug-likeness (QED) is 0.627. The summed E-state index contributed by atoms with van der Waals surface area (Å²) in [4.78, 5) is 0. The van der Waals surface area contributed by atoms with E-state index in [9.17, 15) is 0 Å². The van der Waals surface area contributed by atoms with Crippen molar-refractivity contribution in [2.24, 2.45) is 0 Å². The Morgan fingerprint density at radius 1 is 1.23 bits per heavy atom. The monoisotopic (exact) mass is 193 g/mol. The Morgan fingerprint density at radius 2 is 1.69 bits per heavy atom. The maximum atomic E-state index is 8.72. The number of aryl methyl sites for hydroxylation is 3. The van der Waals surface area contributed by atoms with Crippen molar-refractivity contribution < 1.29 is 0 Å². The zero-order chi connectivity index (χ0) is 10.0. The molecule has 0 amide bonds. The Kier molecular flexibility index (Phi) is 2.95. The van der Waals surface area contributed by atoms with Crippen molar-refractivity contribution in [1.29, 1.82) is 5.26 Å². The molecule has 13 heavy (non-hydrogen) atoms. The number of halogens is 1. The van der Waals surface area contributed by atoms with Gasteiger partial charge in [-0.15, -0.1) is 11.6 Å². The fourth-order valence-corrected chi connectivity index (χ4v) is 2.00. The van der Waals surface area contributed by atoms with Gasteiger partial charge in [-0.1, -0.05) is 17.7 Å². The van der Waals surface area contributed by atoms with Crippen molar-refractivity contribution in [1.82, 2.24) is 0 Å². The lowest BCUT2D eigenvalue weighted by Crippen LogP contribution is -1.96. The van der Waals surface area contributed by atoms with E-state index in [2.05, 4.69) is 12.1 Å². The van der Waals surface area contributed by atoms with Gasteiger partial charge in [-0.2, -0.15) is 5.26 Å². The second-order valence-electron chi connectivity index (χ2n) is 3.30. The predicted octanol–water partition coefficient (Wildman–Crippen LogP) is 3.42. The molecule has 0 fully saturated rings. The van der Waals surface area contributed by atoms with E-state index in [1.165, 1.54) is 5.56 Å². The molecule has 2 heteroatoms. The van der Waals surface area contributed by atoms with Gasteiger partial charge >= 0.3 is 0 Å². The molecule has 0 saturated heterocycles. The third kappa shape index (κ3) is 2.02. The van der Waals surface area contributed by atoms with Crippen LogP contribution in [0.3, 0.4) is 0 Å². The van der Waals surface area contributed by atoms with Crippen LogP contribution >= 0.6 is 11.6 Å². The van der Waals surface area contributed by atoms with Gasteiger partial charge in [0.15, 0.2) is 0 Å². The Hall–Kier alpha value is -1.00. The van der Waals surface area contributed by atoms with Crippen molar-refractivity contribution in [2.45, 2.75) is 26.1 Å². The van der Waals surface area contributed by atoms with E-state index in [4.69, 9.17) is 16.9 Å². The molecule has 1 aromatic carbocycles. The standard InChI is InChI=1S/C11H12ClN/c1-7-4-8(2)11(9(3)5-7)10(12)6-13/h4-5,10H,1-3H3. The van der Waals surface area contributed by atoms with Crippen LogP contribution in [0, 0.1) is 32.1 Å². The topological polar surface area (TPSA) is 23.8 Å². The molecule has 0 aromatic heterocycles. The molecule has 0 aliphatic carbocycles. The van der Waals surface area contributed by atoms with Crippen molar-refractivity contribution in [3.05, 3.63) is 34.4 Å². The summed E-state index contributed by atoms with van der Waals surface area (Å²) in [6.07, 6.45) is 0. The minimum absolute atomic E-state index is 0.527. The van der Waals surface area contributed by atoms with Gasteiger partial charge in [-0.25, -0.2) is 0 Å². The second-order valence-corrected chi connectivity index (χ2v) is 3.74. The summed E-state index contributed by atoms with van der Waals surface area (Å²) >= 11 is 5.89. The van der Waals surface area contributed by atoms with E-state index >= 15 is 0 Å². The number of benzene rings is 1. The Morgan fingerprint density at radius 3 is 2.08 bits per heavy atom. The maximum Gasteiger partial charge on any atom is 0.146 e. The van der Waals surface area contributed by atoms with Gasteiger partial charge in [0, 0.05) is 0 Å². The van der Waals surface area contributed by atoms with Crippen molar-refractivity contribution in [3.8, 4) is 6.07 Å². The summed E-state index contributed by atoms with van der Waals surface area (Å²) in [5, 5.41) is 8.20. The van der Waals surface area contributed by atoms with Gasteiger partial charge in [0.1, 0.15) is 5.38 Å². The molecule has 0 radical (unpaired) electrons. The molecule has 0 saturated carbocycles. The van der Waals surface area contributed by atoms with Crippen LogP contribution < -0.4 is 0 Å². The molecule has 1 aromatic rings. The molecule has 1 nitrogen and oxygen atoms in total. The second kappa shape index (κ2) is 3.81. The van der Waals surface area contributed by atoms with Gasteiger partial charge in [-0.05, 0) is 37.5 Å². The van der Waals surface area contributed by atoms with Crippen LogP contribution in [0.2, 0.25) is 0 Å². The summed E-state index contributed by atoms with van der Waals surface area (Å²) in [6.45, 7) is 6.02. The molecule has 68 valence electrons. The third-order valence-electron chi connectivity index (χ3n) is 2.10. The smallest absolute Gasteiger partial charge is 0.146 e. The Bertz CT molecular complexity index is 340. The molecule has 0 heterocycles. The van der Waals surface area contributed by atoms with Crippen molar-refractivity contribution >= 4 is 11.6 Å². The molecule has 0 N–H and O–H groups in total. The number of hydrogen-bond donors (Lipinski definition) is 0. The van der Waals surface area contributed by atoms with Crippen molar-refractivity contribution in [3.63, 3.8) is 0 Å². The van der Waals surface area contributed by atoms with Crippen LogP contribution in [0.15, 0.2) is 12.1 Å². The Labute approximate surface area is 84.0 Å². The molecule has 0 bridgehead atoms. The van der Waals surface area contributed by atoms with Gasteiger partial charge in [0.2, 0.25) is 0 Å². The van der Waals surface area contributed by atoms with E-state index in [-0.39, 0.29) is 0 Å². The molecule has 1 atom stereocenters. The number of alkyl halides is 1. The first-order valence-electron chi connectivity index (χ1n) is 4.17. The molecule has 0 spiro atoms. The largest absolute Gasteiger partial charge is 0.196 e. The summed E-state index contributed by atoms with van der Waals surface area (Å²) in [5.74, 6) is 0. The fourth-order valence-electron chi connectivity index (χ4n) is 1.66. The van der Waals surface area contributed by atoms with Crippen LogP contribution in [0.25, 0.3) is 0 Å². The highest BCUT2D eigenvalue weighted by Crippen LogP contribution is 2.27. The number of hydrogen-bond acceptors (Lipinski definition) is 1. The highest BCUT2D eigenvalue weighted by molar-refractivity contribution is 6.22. The molecule has 0 aliphatic heterocycles. The molecule has 1 rings (SSSR count). The predicted molar refractivity (Wildman–Crippen MR) is 54.9 cm³/mol. The normalized spacial score (nSPS) is 12.2. The number of nitrogens with zero attached hydrogens (tertiary/aromatic N) is 1. The third-order valence-corrected chi connectivity index (χ3v) is 2.42. The van der Waals surface area contributed by atoms with Crippen LogP contribution in [-0.4, -0.2) is 0 Å². The van der Waals surface area contributed by atoms with E-state index < -0.39 is 5.38 Å². The average molecular weight is 194 g/mol. The summed E-state index contributed by atoms with van der Waals surface area (Å²) in [5.41, 5.74) is 4.36. The molecule has 0 aliphatic rings. The summed E-state index contributed by atoms with van der Waals surface area (Å²) in [7, 11) is 0. The first-order chi connectivity index (χ1) is 6.06. The lowest BCUT2D eigenvalue weighted by Gasteiger charge is -2.11.